The number of ether oxygens (including phenoxy) is 1. The molecule has 0 saturated carbocycles. The standard InChI is InChI=1S/C16H21FN2O2/c17-14-3-1-4-15(11-14)21-10-2-5-16(20)19-12-13-6-8-18-9-7-13/h1,3-4,6,11,18H,2,5,7-10,12H2,(H,19,20). The summed E-state index contributed by atoms with van der Waals surface area (Å²) in [5, 5.41) is 6.14. The molecule has 0 bridgehead atoms. The average molecular weight is 292 g/mol. The summed E-state index contributed by atoms with van der Waals surface area (Å²) in [5.74, 6) is 0.202. The minimum absolute atomic E-state index is 0.0253. The Bertz CT molecular complexity index is 503. The van der Waals surface area contributed by atoms with Gasteiger partial charge in [-0.05, 0) is 31.5 Å². The smallest absolute Gasteiger partial charge is 0.220 e. The molecule has 4 nitrogen and oxygen atoms in total. The second-order valence-electron chi connectivity index (χ2n) is 5.00. The molecule has 0 fully saturated rings. The zero-order valence-corrected chi connectivity index (χ0v) is 12.0. The quantitative estimate of drug-likeness (QED) is 0.597. The van der Waals surface area contributed by atoms with Crippen LogP contribution in [0, 0.1) is 5.82 Å². The third kappa shape index (κ3) is 5.95. The normalized spacial score (nSPS) is 14.4. The van der Waals surface area contributed by atoms with Gasteiger partial charge in [0.05, 0.1) is 6.61 Å². The molecule has 1 amide bonds. The third-order valence-corrected chi connectivity index (χ3v) is 3.28. The molecule has 2 N–H and O–H groups in total. The van der Waals surface area contributed by atoms with Crippen LogP contribution in [0.3, 0.4) is 0 Å². The van der Waals surface area contributed by atoms with Gasteiger partial charge in [0.2, 0.25) is 5.91 Å². The Kier molecular flexibility index (Phi) is 6.22. The van der Waals surface area contributed by atoms with Crippen LogP contribution in [0.2, 0.25) is 0 Å². The van der Waals surface area contributed by atoms with E-state index in [2.05, 4.69) is 16.7 Å². The first-order valence-electron chi connectivity index (χ1n) is 7.28. The average Bonchev–Trinajstić information content (AvgIpc) is 2.51. The lowest BCUT2D eigenvalue weighted by Crippen LogP contribution is -2.29. The zero-order valence-electron chi connectivity index (χ0n) is 12.0. The summed E-state index contributed by atoms with van der Waals surface area (Å²) in [6.07, 6.45) is 4.14. The first kappa shape index (κ1) is 15.5. The molecule has 1 aliphatic rings. The lowest BCUT2D eigenvalue weighted by molar-refractivity contribution is -0.121. The maximum absolute atomic E-state index is 12.9. The Morgan fingerprint density at radius 3 is 3.10 bits per heavy atom. The van der Waals surface area contributed by atoms with E-state index in [1.54, 1.807) is 12.1 Å². The summed E-state index contributed by atoms with van der Waals surface area (Å²) in [4.78, 5) is 11.7. The first-order valence-corrected chi connectivity index (χ1v) is 7.28. The highest BCUT2D eigenvalue weighted by Gasteiger charge is 2.06. The van der Waals surface area contributed by atoms with Gasteiger partial charge in [-0.25, -0.2) is 4.39 Å². The van der Waals surface area contributed by atoms with Gasteiger partial charge in [0.15, 0.2) is 0 Å². The van der Waals surface area contributed by atoms with Crippen LogP contribution < -0.4 is 15.4 Å². The molecule has 1 aliphatic heterocycles. The van der Waals surface area contributed by atoms with Crippen molar-refractivity contribution in [2.75, 3.05) is 26.2 Å². The number of carbonyl (C=O) groups excluding carboxylic acids is 1. The lowest BCUT2D eigenvalue weighted by Gasteiger charge is -2.14. The van der Waals surface area contributed by atoms with Crippen molar-refractivity contribution in [3.8, 4) is 5.75 Å². The predicted octanol–water partition coefficient (Wildman–Crippen LogP) is 2.02. The summed E-state index contributed by atoms with van der Waals surface area (Å²) in [5.41, 5.74) is 1.28. The number of halogens is 1. The van der Waals surface area contributed by atoms with Crippen molar-refractivity contribution < 1.29 is 13.9 Å². The molecule has 0 aromatic heterocycles. The number of carbonyl (C=O) groups is 1. The number of nitrogens with one attached hydrogen (secondary N) is 2. The number of amides is 1. The highest BCUT2D eigenvalue weighted by molar-refractivity contribution is 5.76. The summed E-state index contributed by atoms with van der Waals surface area (Å²) in [6, 6.07) is 6.01. The number of hydrogen-bond acceptors (Lipinski definition) is 3. The maximum atomic E-state index is 12.9. The van der Waals surface area contributed by atoms with Crippen LogP contribution in [0.1, 0.15) is 19.3 Å². The van der Waals surface area contributed by atoms with Crippen molar-refractivity contribution in [3.05, 3.63) is 41.7 Å². The SMILES string of the molecule is O=C(CCCOc1cccc(F)c1)NCC1=CCNCC1. The number of hydrogen-bond donors (Lipinski definition) is 2. The largest absolute Gasteiger partial charge is 0.493 e. The molecular weight excluding hydrogens is 271 g/mol. The summed E-state index contributed by atoms with van der Waals surface area (Å²) < 4.78 is 18.3. The summed E-state index contributed by atoms with van der Waals surface area (Å²) >= 11 is 0. The van der Waals surface area contributed by atoms with E-state index in [0.29, 0.717) is 31.7 Å². The topological polar surface area (TPSA) is 50.4 Å². The van der Waals surface area contributed by atoms with Crippen LogP contribution >= 0.6 is 0 Å². The molecular formula is C16H21FN2O2. The molecule has 1 aromatic carbocycles. The third-order valence-electron chi connectivity index (χ3n) is 3.28. The van der Waals surface area contributed by atoms with Crippen LogP contribution in [-0.4, -0.2) is 32.1 Å². The summed E-state index contributed by atoms with van der Waals surface area (Å²) in [6.45, 7) is 2.89. The maximum Gasteiger partial charge on any atom is 0.220 e. The van der Waals surface area contributed by atoms with Crippen molar-refractivity contribution in [1.29, 1.82) is 0 Å². The van der Waals surface area contributed by atoms with Crippen molar-refractivity contribution in [2.24, 2.45) is 0 Å². The zero-order chi connectivity index (χ0) is 14.9. The molecule has 0 atom stereocenters. The van der Waals surface area contributed by atoms with Gasteiger partial charge in [0, 0.05) is 25.6 Å². The van der Waals surface area contributed by atoms with Gasteiger partial charge in [0.1, 0.15) is 11.6 Å². The minimum atomic E-state index is -0.319. The Morgan fingerprint density at radius 1 is 1.43 bits per heavy atom. The second-order valence-corrected chi connectivity index (χ2v) is 5.00. The Morgan fingerprint density at radius 2 is 2.33 bits per heavy atom. The number of rotatable bonds is 7. The molecule has 2 rings (SSSR count). The second kappa shape index (κ2) is 8.42. The van der Waals surface area contributed by atoms with Crippen molar-refractivity contribution in [2.45, 2.75) is 19.3 Å². The monoisotopic (exact) mass is 292 g/mol. The molecule has 5 heteroatoms. The van der Waals surface area contributed by atoms with E-state index >= 15 is 0 Å². The fourth-order valence-corrected chi connectivity index (χ4v) is 2.11. The van der Waals surface area contributed by atoms with Gasteiger partial charge >= 0.3 is 0 Å². The Labute approximate surface area is 124 Å². The van der Waals surface area contributed by atoms with Gasteiger partial charge in [-0.1, -0.05) is 17.7 Å². The highest BCUT2D eigenvalue weighted by atomic mass is 19.1. The Hall–Kier alpha value is -1.88. The van der Waals surface area contributed by atoms with Gasteiger partial charge < -0.3 is 15.4 Å². The summed E-state index contributed by atoms with van der Waals surface area (Å²) in [7, 11) is 0. The number of benzene rings is 1. The van der Waals surface area contributed by atoms with Crippen LogP contribution in [0.15, 0.2) is 35.9 Å². The fourth-order valence-electron chi connectivity index (χ4n) is 2.11. The molecule has 21 heavy (non-hydrogen) atoms. The molecule has 114 valence electrons. The molecule has 0 radical (unpaired) electrons. The van der Waals surface area contributed by atoms with Crippen molar-refractivity contribution >= 4 is 5.91 Å². The van der Waals surface area contributed by atoms with E-state index in [4.69, 9.17) is 4.74 Å². The molecule has 0 spiro atoms. The van der Waals surface area contributed by atoms with E-state index in [1.165, 1.54) is 17.7 Å². The van der Waals surface area contributed by atoms with Crippen molar-refractivity contribution in [3.63, 3.8) is 0 Å². The van der Waals surface area contributed by atoms with Gasteiger partial charge in [-0.15, -0.1) is 0 Å². The molecule has 0 saturated heterocycles. The fraction of sp³-hybridized carbons (Fsp3) is 0.438. The molecule has 0 unspecified atom stereocenters. The van der Waals surface area contributed by atoms with Gasteiger partial charge in [-0.3, -0.25) is 4.79 Å². The van der Waals surface area contributed by atoms with Crippen LogP contribution in [0.4, 0.5) is 4.39 Å². The van der Waals surface area contributed by atoms with E-state index in [0.717, 1.165) is 19.5 Å². The van der Waals surface area contributed by atoms with Gasteiger partial charge in [0.25, 0.3) is 0 Å². The van der Waals surface area contributed by atoms with E-state index < -0.39 is 0 Å². The lowest BCUT2D eigenvalue weighted by atomic mass is 10.1. The van der Waals surface area contributed by atoms with E-state index in [1.807, 2.05) is 0 Å². The van der Waals surface area contributed by atoms with Crippen LogP contribution in [0.25, 0.3) is 0 Å². The predicted molar refractivity (Wildman–Crippen MR) is 79.7 cm³/mol. The molecule has 1 heterocycles. The van der Waals surface area contributed by atoms with Gasteiger partial charge in [-0.2, -0.15) is 0 Å². The van der Waals surface area contributed by atoms with E-state index in [9.17, 15) is 9.18 Å². The van der Waals surface area contributed by atoms with E-state index in [-0.39, 0.29) is 11.7 Å². The van der Waals surface area contributed by atoms with Crippen molar-refractivity contribution in [1.82, 2.24) is 10.6 Å². The highest BCUT2D eigenvalue weighted by Crippen LogP contribution is 2.12. The molecule has 1 aromatic rings. The molecule has 0 aliphatic carbocycles. The van der Waals surface area contributed by atoms with Crippen LogP contribution in [-0.2, 0) is 4.79 Å². The first-order chi connectivity index (χ1) is 10.2. The van der Waals surface area contributed by atoms with Crippen LogP contribution in [0.5, 0.6) is 5.75 Å². The Balaban J connectivity index is 1.57. The minimum Gasteiger partial charge on any atom is -0.493 e.